The summed E-state index contributed by atoms with van der Waals surface area (Å²) in [6.07, 6.45) is 3.96. The van der Waals surface area contributed by atoms with Crippen LogP contribution in [0.1, 0.15) is 31.2 Å². The molecule has 4 heteroatoms. The predicted octanol–water partition coefficient (Wildman–Crippen LogP) is 1.89. The Hall–Kier alpha value is -1.55. The van der Waals surface area contributed by atoms with Crippen LogP contribution in [0.3, 0.4) is 0 Å². The maximum absolute atomic E-state index is 12.2. The number of rotatable bonds is 3. The summed E-state index contributed by atoms with van der Waals surface area (Å²) in [5.74, 6) is -0.217. The van der Waals surface area contributed by atoms with Crippen LogP contribution in [-0.2, 0) is 4.79 Å². The lowest BCUT2D eigenvalue weighted by Gasteiger charge is -2.44. The smallest absolute Gasteiger partial charge is 0.243 e. The lowest BCUT2D eigenvalue weighted by atomic mass is 9.82. The minimum Gasteiger partial charge on any atom is -0.371 e. The SMILES string of the molecule is Cc1ccccc1NC1(C(N)=O)CC2CCC(C1)N2C. The lowest BCUT2D eigenvalue weighted by Crippen LogP contribution is -2.60. The molecule has 20 heavy (non-hydrogen) atoms. The van der Waals surface area contributed by atoms with Crippen LogP contribution in [0, 0.1) is 6.92 Å². The zero-order valence-corrected chi connectivity index (χ0v) is 12.2. The number of aryl methyl sites for hydroxylation is 1. The van der Waals surface area contributed by atoms with Crippen molar-refractivity contribution in [2.24, 2.45) is 5.73 Å². The molecule has 1 amide bonds. The minimum atomic E-state index is -0.593. The molecule has 0 radical (unpaired) electrons. The number of fused-ring (bicyclic) bond motifs is 2. The fraction of sp³-hybridized carbons (Fsp3) is 0.562. The second-order valence-electron chi connectivity index (χ2n) is 6.34. The Kier molecular flexibility index (Phi) is 3.21. The first-order chi connectivity index (χ1) is 9.52. The van der Waals surface area contributed by atoms with Crippen LogP contribution in [-0.4, -0.2) is 35.5 Å². The van der Waals surface area contributed by atoms with Crippen LogP contribution in [0.25, 0.3) is 0 Å². The number of hydrogen-bond donors (Lipinski definition) is 2. The molecule has 2 fully saturated rings. The van der Waals surface area contributed by atoms with E-state index in [0.29, 0.717) is 12.1 Å². The van der Waals surface area contributed by atoms with Crippen molar-refractivity contribution in [2.75, 3.05) is 12.4 Å². The highest BCUT2D eigenvalue weighted by Crippen LogP contribution is 2.41. The first-order valence-corrected chi connectivity index (χ1v) is 7.37. The van der Waals surface area contributed by atoms with E-state index in [-0.39, 0.29) is 5.91 Å². The van der Waals surface area contributed by atoms with E-state index >= 15 is 0 Å². The summed E-state index contributed by atoms with van der Waals surface area (Å²) in [6, 6.07) is 9.03. The van der Waals surface area contributed by atoms with E-state index in [1.165, 1.54) is 12.8 Å². The molecule has 0 aliphatic carbocycles. The van der Waals surface area contributed by atoms with Gasteiger partial charge < -0.3 is 16.0 Å². The van der Waals surface area contributed by atoms with E-state index in [4.69, 9.17) is 5.73 Å². The number of carbonyl (C=O) groups excluding carboxylic acids is 1. The van der Waals surface area contributed by atoms with Gasteiger partial charge in [0.05, 0.1) is 0 Å². The normalized spacial score (nSPS) is 33.1. The van der Waals surface area contributed by atoms with Crippen molar-refractivity contribution < 1.29 is 4.79 Å². The molecule has 2 unspecified atom stereocenters. The number of piperidine rings is 1. The van der Waals surface area contributed by atoms with Crippen LogP contribution < -0.4 is 11.1 Å². The molecule has 2 saturated heterocycles. The van der Waals surface area contributed by atoms with E-state index in [1.807, 2.05) is 18.2 Å². The Bertz CT molecular complexity index is 514. The molecule has 3 rings (SSSR count). The fourth-order valence-electron chi connectivity index (χ4n) is 3.81. The number of nitrogens with two attached hydrogens (primary N) is 1. The molecule has 4 nitrogen and oxygen atoms in total. The monoisotopic (exact) mass is 273 g/mol. The van der Waals surface area contributed by atoms with Gasteiger partial charge in [0.2, 0.25) is 5.91 Å². The van der Waals surface area contributed by atoms with Crippen LogP contribution in [0.4, 0.5) is 5.69 Å². The number of hydrogen-bond acceptors (Lipinski definition) is 3. The Balaban J connectivity index is 1.91. The fourth-order valence-corrected chi connectivity index (χ4v) is 3.81. The topological polar surface area (TPSA) is 58.4 Å². The van der Waals surface area contributed by atoms with Gasteiger partial charge in [0.25, 0.3) is 0 Å². The molecule has 1 aromatic carbocycles. The van der Waals surface area contributed by atoms with Crippen LogP contribution >= 0.6 is 0 Å². The number of primary amides is 1. The Morgan fingerprint density at radius 1 is 1.30 bits per heavy atom. The van der Waals surface area contributed by atoms with Gasteiger partial charge in [-0.25, -0.2) is 0 Å². The summed E-state index contributed by atoms with van der Waals surface area (Å²) in [5, 5.41) is 3.48. The number of carbonyl (C=O) groups is 1. The molecule has 1 aromatic rings. The number of benzene rings is 1. The average Bonchev–Trinajstić information content (AvgIpc) is 2.64. The maximum atomic E-state index is 12.2. The van der Waals surface area contributed by atoms with Crippen molar-refractivity contribution in [3.05, 3.63) is 29.8 Å². The maximum Gasteiger partial charge on any atom is 0.243 e. The van der Waals surface area contributed by atoms with Crippen molar-refractivity contribution in [3.8, 4) is 0 Å². The molecule has 2 aliphatic heterocycles. The number of anilines is 1. The van der Waals surface area contributed by atoms with Crippen molar-refractivity contribution in [1.82, 2.24) is 4.90 Å². The second-order valence-corrected chi connectivity index (χ2v) is 6.34. The molecule has 0 saturated carbocycles. The average molecular weight is 273 g/mol. The molecule has 0 spiro atoms. The van der Waals surface area contributed by atoms with E-state index in [0.717, 1.165) is 24.1 Å². The molecule has 2 atom stereocenters. The molecule has 2 bridgehead atoms. The third-order valence-corrected chi connectivity index (χ3v) is 5.14. The van der Waals surface area contributed by atoms with Crippen molar-refractivity contribution in [1.29, 1.82) is 0 Å². The molecule has 0 aromatic heterocycles. The number of nitrogens with zero attached hydrogens (tertiary/aromatic N) is 1. The van der Waals surface area contributed by atoms with Gasteiger partial charge in [0.1, 0.15) is 5.54 Å². The van der Waals surface area contributed by atoms with Crippen molar-refractivity contribution in [3.63, 3.8) is 0 Å². The first-order valence-electron chi connectivity index (χ1n) is 7.37. The Morgan fingerprint density at radius 2 is 1.90 bits per heavy atom. The number of para-hydroxylation sites is 1. The van der Waals surface area contributed by atoms with Gasteiger partial charge in [-0.2, -0.15) is 0 Å². The Labute approximate surface area is 120 Å². The molecule has 3 N–H and O–H groups in total. The van der Waals surface area contributed by atoms with E-state index < -0.39 is 5.54 Å². The first kappa shape index (κ1) is 13.4. The molecular weight excluding hydrogens is 250 g/mol. The largest absolute Gasteiger partial charge is 0.371 e. The van der Waals surface area contributed by atoms with Gasteiger partial charge in [-0.3, -0.25) is 4.79 Å². The zero-order chi connectivity index (χ0) is 14.3. The molecule has 108 valence electrons. The quantitative estimate of drug-likeness (QED) is 0.884. The van der Waals surface area contributed by atoms with Gasteiger partial charge in [-0.05, 0) is 51.3 Å². The zero-order valence-electron chi connectivity index (χ0n) is 12.2. The van der Waals surface area contributed by atoms with E-state index in [9.17, 15) is 4.79 Å². The summed E-state index contributed by atoms with van der Waals surface area (Å²) in [6.45, 7) is 2.06. The van der Waals surface area contributed by atoms with Crippen LogP contribution in [0.15, 0.2) is 24.3 Å². The van der Waals surface area contributed by atoms with Gasteiger partial charge in [0, 0.05) is 17.8 Å². The highest BCUT2D eigenvalue weighted by Gasteiger charge is 2.50. The van der Waals surface area contributed by atoms with Crippen molar-refractivity contribution in [2.45, 2.75) is 50.2 Å². The predicted molar refractivity (Wildman–Crippen MR) is 80.5 cm³/mol. The highest BCUT2D eigenvalue weighted by molar-refractivity contribution is 5.88. The standard InChI is InChI=1S/C16H23N3O/c1-11-5-3-4-6-14(11)18-16(15(17)20)9-12-7-8-13(10-16)19(12)2/h3-6,12-13,18H,7-10H2,1-2H3,(H2,17,20). The summed E-state index contributed by atoms with van der Waals surface area (Å²) in [4.78, 5) is 14.6. The summed E-state index contributed by atoms with van der Waals surface area (Å²) < 4.78 is 0. The van der Waals surface area contributed by atoms with Crippen molar-refractivity contribution >= 4 is 11.6 Å². The van der Waals surface area contributed by atoms with Gasteiger partial charge >= 0.3 is 0 Å². The van der Waals surface area contributed by atoms with Gasteiger partial charge in [0.15, 0.2) is 0 Å². The number of nitrogens with one attached hydrogen (secondary N) is 1. The highest BCUT2D eigenvalue weighted by atomic mass is 16.1. The molecular formula is C16H23N3O. The molecule has 2 aliphatic rings. The summed E-state index contributed by atoms with van der Waals surface area (Å²) in [5.41, 5.74) is 7.36. The Morgan fingerprint density at radius 3 is 2.45 bits per heavy atom. The van der Waals surface area contributed by atoms with E-state index in [1.54, 1.807) is 0 Å². The lowest BCUT2D eigenvalue weighted by molar-refractivity contribution is -0.124. The van der Waals surface area contributed by atoms with E-state index in [2.05, 4.69) is 30.3 Å². The second kappa shape index (κ2) is 4.77. The summed E-state index contributed by atoms with van der Waals surface area (Å²) in [7, 11) is 2.17. The van der Waals surface area contributed by atoms with Gasteiger partial charge in [-0.1, -0.05) is 18.2 Å². The van der Waals surface area contributed by atoms with Crippen LogP contribution in [0.5, 0.6) is 0 Å². The third-order valence-electron chi connectivity index (χ3n) is 5.14. The van der Waals surface area contributed by atoms with Crippen LogP contribution in [0.2, 0.25) is 0 Å². The molecule has 2 heterocycles. The number of amides is 1. The third kappa shape index (κ3) is 2.08. The van der Waals surface area contributed by atoms with Gasteiger partial charge in [-0.15, -0.1) is 0 Å². The minimum absolute atomic E-state index is 0.217. The summed E-state index contributed by atoms with van der Waals surface area (Å²) >= 11 is 0.